The minimum atomic E-state index is -3.07. The highest BCUT2D eigenvalue weighted by atomic mass is 32.2. The molecule has 0 amide bonds. The molecule has 4 heteroatoms. The molecule has 0 saturated heterocycles. The van der Waals surface area contributed by atoms with Crippen molar-refractivity contribution in [2.75, 3.05) is 12.8 Å². The summed E-state index contributed by atoms with van der Waals surface area (Å²) in [5.74, 6) is 0.296. The minimum absolute atomic E-state index is 0.132. The number of benzene rings is 1. The van der Waals surface area contributed by atoms with Crippen molar-refractivity contribution < 1.29 is 8.42 Å². The number of hydrogen-bond donors (Lipinski definition) is 1. The van der Waals surface area contributed by atoms with Crippen LogP contribution in [0.2, 0.25) is 0 Å². The standard InChI is InChI=1S/C16H27NO2S/c1-4-6-10-13-20(18,19)15(5-2)16(17-3)14-11-8-7-9-12-14/h7-9,11-12,15-17H,4-6,10,13H2,1-3H3. The van der Waals surface area contributed by atoms with Gasteiger partial charge in [0.1, 0.15) is 0 Å². The van der Waals surface area contributed by atoms with E-state index in [-0.39, 0.29) is 11.3 Å². The van der Waals surface area contributed by atoms with Crippen molar-refractivity contribution in [1.82, 2.24) is 5.32 Å². The van der Waals surface area contributed by atoms with Crippen LogP contribution in [0.15, 0.2) is 30.3 Å². The molecule has 114 valence electrons. The Labute approximate surface area is 123 Å². The van der Waals surface area contributed by atoms with Crippen LogP contribution in [0.4, 0.5) is 0 Å². The molecule has 0 aromatic heterocycles. The van der Waals surface area contributed by atoms with E-state index in [2.05, 4.69) is 12.2 Å². The lowest BCUT2D eigenvalue weighted by molar-refractivity contribution is 0.505. The van der Waals surface area contributed by atoms with Crippen LogP contribution in [-0.2, 0) is 9.84 Å². The van der Waals surface area contributed by atoms with E-state index in [4.69, 9.17) is 0 Å². The van der Waals surface area contributed by atoms with E-state index in [0.29, 0.717) is 12.2 Å². The fourth-order valence-corrected chi connectivity index (χ4v) is 4.75. The van der Waals surface area contributed by atoms with Gasteiger partial charge in [0, 0.05) is 6.04 Å². The average molecular weight is 297 g/mol. The van der Waals surface area contributed by atoms with Gasteiger partial charge in [0.05, 0.1) is 11.0 Å². The van der Waals surface area contributed by atoms with Crippen LogP contribution in [0.25, 0.3) is 0 Å². The van der Waals surface area contributed by atoms with Gasteiger partial charge in [-0.05, 0) is 25.5 Å². The van der Waals surface area contributed by atoms with Crippen LogP contribution < -0.4 is 5.32 Å². The van der Waals surface area contributed by atoms with E-state index in [9.17, 15) is 8.42 Å². The highest BCUT2D eigenvalue weighted by Crippen LogP contribution is 2.25. The number of unbranched alkanes of at least 4 members (excludes halogenated alkanes) is 2. The molecule has 0 saturated carbocycles. The Bertz CT molecular complexity index is 471. The Balaban J connectivity index is 2.92. The van der Waals surface area contributed by atoms with Gasteiger partial charge in [0.15, 0.2) is 9.84 Å². The van der Waals surface area contributed by atoms with Crippen LogP contribution in [0.5, 0.6) is 0 Å². The van der Waals surface area contributed by atoms with Gasteiger partial charge in [-0.15, -0.1) is 0 Å². The van der Waals surface area contributed by atoms with Crippen molar-refractivity contribution in [3.8, 4) is 0 Å². The molecule has 0 aliphatic rings. The van der Waals surface area contributed by atoms with E-state index in [1.54, 1.807) is 0 Å². The summed E-state index contributed by atoms with van der Waals surface area (Å²) < 4.78 is 25.1. The summed E-state index contributed by atoms with van der Waals surface area (Å²) >= 11 is 0. The second kappa shape index (κ2) is 8.42. The highest BCUT2D eigenvalue weighted by molar-refractivity contribution is 7.92. The predicted molar refractivity (Wildman–Crippen MR) is 85.6 cm³/mol. The molecule has 0 bridgehead atoms. The van der Waals surface area contributed by atoms with Crippen LogP contribution >= 0.6 is 0 Å². The Hall–Kier alpha value is -0.870. The van der Waals surface area contributed by atoms with Gasteiger partial charge in [-0.1, -0.05) is 57.0 Å². The van der Waals surface area contributed by atoms with Gasteiger partial charge in [-0.3, -0.25) is 0 Å². The van der Waals surface area contributed by atoms with Crippen molar-refractivity contribution in [2.24, 2.45) is 0 Å². The topological polar surface area (TPSA) is 46.2 Å². The van der Waals surface area contributed by atoms with E-state index in [1.165, 1.54) is 0 Å². The zero-order chi connectivity index (χ0) is 15.0. The number of sulfone groups is 1. The lowest BCUT2D eigenvalue weighted by Gasteiger charge is -2.26. The third-order valence-corrected chi connectivity index (χ3v) is 6.12. The van der Waals surface area contributed by atoms with Crippen molar-refractivity contribution in [3.63, 3.8) is 0 Å². The molecular weight excluding hydrogens is 270 g/mol. The fraction of sp³-hybridized carbons (Fsp3) is 0.625. The molecule has 0 aliphatic carbocycles. The van der Waals surface area contributed by atoms with Gasteiger partial charge in [-0.25, -0.2) is 8.42 Å². The van der Waals surface area contributed by atoms with E-state index < -0.39 is 9.84 Å². The summed E-state index contributed by atoms with van der Waals surface area (Å²) in [5.41, 5.74) is 1.04. The first-order valence-electron chi connectivity index (χ1n) is 7.50. The Morgan fingerprint density at radius 3 is 2.25 bits per heavy atom. The quantitative estimate of drug-likeness (QED) is 0.711. The Morgan fingerprint density at radius 1 is 1.10 bits per heavy atom. The van der Waals surface area contributed by atoms with Crippen molar-refractivity contribution in [3.05, 3.63) is 35.9 Å². The van der Waals surface area contributed by atoms with Crippen molar-refractivity contribution >= 4 is 9.84 Å². The third-order valence-electron chi connectivity index (χ3n) is 3.74. The van der Waals surface area contributed by atoms with Gasteiger partial charge in [-0.2, -0.15) is 0 Å². The molecule has 0 fully saturated rings. The van der Waals surface area contributed by atoms with Crippen LogP contribution in [0.3, 0.4) is 0 Å². The van der Waals surface area contributed by atoms with E-state index >= 15 is 0 Å². The summed E-state index contributed by atoms with van der Waals surface area (Å²) in [6, 6.07) is 9.71. The van der Waals surface area contributed by atoms with Gasteiger partial charge < -0.3 is 5.32 Å². The molecule has 3 nitrogen and oxygen atoms in total. The molecule has 0 radical (unpaired) electrons. The monoisotopic (exact) mass is 297 g/mol. The highest BCUT2D eigenvalue weighted by Gasteiger charge is 2.31. The lowest BCUT2D eigenvalue weighted by atomic mass is 10.0. The zero-order valence-electron chi connectivity index (χ0n) is 12.8. The number of hydrogen-bond acceptors (Lipinski definition) is 3. The summed E-state index contributed by atoms with van der Waals surface area (Å²) in [6.07, 6.45) is 3.42. The predicted octanol–water partition coefficient (Wildman–Crippen LogP) is 3.33. The second-order valence-electron chi connectivity index (χ2n) is 5.20. The smallest absolute Gasteiger partial charge is 0.155 e. The zero-order valence-corrected chi connectivity index (χ0v) is 13.6. The summed E-state index contributed by atoms with van der Waals surface area (Å²) in [7, 11) is -1.23. The summed E-state index contributed by atoms with van der Waals surface area (Å²) in [4.78, 5) is 0. The van der Waals surface area contributed by atoms with Crippen LogP contribution in [0, 0.1) is 0 Å². The van der Waals surface area contributed by atoms with Gasteiger partial charge in [0.2, 0.25) is 0 Å². The Morgan fingerprint density at radius 2 is 1.75 bits per heavy atom. The first kappa shape index (κ1) is 17.2. The molecule has 2 unspecified atom stereocenters. The van der Waals surface area contributed by atoms with Gasteiger partial charge in [0.25, 0.3) is 0 Å². The Kier molecular flexibility index (Phi) is 7.24. The number of rotatable bonds is 9. The molecule has 0 heterocycles. The second-order valence-corrected chi connectivity index (χ2v) is 7.54. The first-order valence-corrected chi connectivity index (χ1v) is 9.22. The molecule has 2 atom stereocenters. The first-order chi connectivity index (χ1) is 9.56. The normalized spacial score (nSPS) is 14.9. The molecule has 1 aromatic carbocycles. The maximum atomic E-state index is 12.6. The SMILES string of the molecule is CCCCCS(=O)(=O)C(CC)C(NC)c1ccccc1. The summed E-state index contributed by atoms with van der Waals surface area (Å²) in [6.45, 7) is 4.04. The molecular formula is C16H27NO2S. The fourth-order valence-electron chi connectivity index (χ4n) is 2.63. The van der Waals surface area contributed by atoms with E-state index in [1.807, 2.05) is 44.3 Å². The van der Waals surface area contributed by atoms with E-state index in [0.717, 1.165) is 24.8 Å². The molecule has 1 aromatic rings. The van der Waals surface area contributed by atoms with Crippen molar-refractivity contribution in [2.45, 2.75) is 50.8 Å². The molecule has 1 rings (SSSR count). The average Bonchev–Trinajstić information content (AvgIpc) is 2.45. The van der Waals surface area contributed by atoms with Gasteiger partial charge >= 0.3 is 0 Å². The van der Waals surface area contributed by atoms with Crippen LogP contribution in [0.1, 0.15) is 51.1 Å². The molecule has 1 N–H and O–H groups in total. The van der Waals surface area contributed by atoms with Crippen LogP contribution in [-0.4, -0.2) is 26.5 Å². The maximum absolute atomic E-state index is 12.6. The number of nitrogens with one attached hydrogen (secondary N) is 1. The minimum Gasteiger partial charge on any atom is -0.312 e. The van der Waals surface area contributed by atoms with Crippen molar-refractivity contribution in [1.29, 1.82) is 0 Å². The molecule has 0 aliphatic heterocycles. The summed E-state index contributed by atoms with van der Waals surface area (Å²) in [5, 5.41) is 2.83. The lowest BCUT2D eigenvalue weighted by Crippen LogP contribution is -2.36. The third kappa shape index (κ3) is 4.60. The maximum Gasteiger partial charge on any atom is 0.155 e. The molecule has 0 spiro atoms. The largest absolute Gasteiger partial charge is 0.312 e. The molecule has 20 heavy (non-hydrogen) atoms.